The third kappa shape index (κ3) is 10.8. The second-order valence-corrected chi connectivity index (χ2v) is 14.2. The first-order valence-electron chi connectivity index (χ1n) is 16.7. The average molecular weight is 829 g/mol. The van der Waals surface area contributed by atoms with E-state index >= 15 is 0 Å². The van der Waals surface area contributed by atoms with Crippen molar-refractivity contribution in [3.63, 3.8) is 0 Å². The summed E-state index contributed by atoms with van der Waals surface area (Å²) in [7, 11) is -5.23. The molecule has 0 radical (unpaired) electrons. The van der Waals surface area contributed by atoms with Gasteiger partial charge >= 0.3 is 10.4 Å². The van der Waals surface area contributed by atoms with Gasteiger partial charge in [0.25, 0.3) is 0 Å². The van der Waals surface area contributed by atoms with Gasteiger partial charge in [0.2, 0.25) is 11.8 Å². The standard InChI is InChI=1S/C28H48N2O24S/c1-7(34)29-13-18(39)22(52-27-20(41)19(40)15(36)9(3-31)49-27)12(6-47-55(44,45)46)51-26(13)54-24-17(38)11(5-33)50-28(21(24)42)53-23-14(30-8(2)35)25(43)48-10(4-32)16(23)37/h9-28,31-33,36-43H,3-6H2,1-2H3,(H,29,34)(H,30,35)(H,44,45,46)/t9-,10-,11-,12-,13-,14-,15+,16+,17+,18-,19+,20-,21-,22-,23-,24+,25?,26+,27+,28+/m1/s1. The minimum absolute atomic E-state index is 0.732. The van der Waals surface area contributed by atoms with Crippen LogP contribution in [0, 0.1) is 0 Å². The molecule has 320 valence electrons. The van der Waals surface area contributed by atoms with Crippen molar-refractivity contribution in [1.29, 1.82) is 0 Å². The lowest BCUT2D eigenvalue weighted by molar-refractivity contribution is -0.375. The third-order valence-electron chi connectivity index (χ3n) is 9.21. The van der Waals surface area contributed by atoms with E-state index in [2.05, 4.69) is 14.8 Å². The maximum absolute atomic E-state index is 12.3. The maximum atomic E-state index is 12.3. The van der Waals surface area contributed by atoms with Gasteiger partial charge in [-0.1, -0.05) is 0 Å². The highest BCUT2D eigenvalue weighted by Crippen LogP contribution is 2.34. The van der Waals surface area contributed by atoms with Crippen LogP contribution in [0.25, 0.3) is 0 Å². The van der Waals surface area contributed by atoms with Crippen molar-refractivity contribution in [2.45, 2.75) is 137 Å². The molecule has 20 atom stereocenters. The Morgan fingerprint density at radius 1 is 0.545 bits per heavy atom. The van der Waals surface area contributed by atoms with Crippen LogP contribution in [0.1, 0.15) is 13.8 Å². The van der Waals surface area contributed by atoms with Crippen molar-refractivity contribution in [3.05, 3.63) is 0 Å². The predicted octanol–water partition coefficient (Wildman–Crippen LogP) is -9.63. The molecule has 4 aliphatic heterocycles. The molecule has 26 nitrogen and oxygen atoms in total. The van der Waals surface area contributed by atoms with Crippen molar-refractivity contribution in [2.24, 2.45) is 0 Å². The summed E-state index contributed by atoms with van der Waals surface area (Å²) in [5.41, 5.74) is 0. The number of hydrogen-bond acceptors (Lipinski definition) is 23. The Hall–Kier alpha value is -1.91. The maximum Gasteiger partial charge on any atom is 0.397 e. The molecular weight excluding hydrogens is 780 g/mol. The van der Waals surface area contributed by atoms with Crippen molar-refractivity contribution < 1.29 is 116 Å². The van der Waals surface area contributed by atoms with Crippen LogP contribution in [0.4, 0.5) is 0 Å². The molecule has 4 fully saturated rings. The number of nitrogens with one attached hydrogen (secondary N) is 2. The van der Waals surface area contributed by atoms with Gasteiger partial charge in [-0.15, -0.1) is 0 Å². The largest absolute Gasteiger partial charge is 0.397 e. The van der Waals surface area contributed by atoms with Gasteiger partial charge in [-0.2, -0.15) is 8.42 Å². The van der Waals surface area contributed by atoms with Gasteiger partial charge in [0, 0.05) is 13.8 Å². The molecule has 4 saturated heterocycles. The smallest absolute Gasteiger partial charge is 0.394 e. The molecule has 0 aromatic rings. The summed E-state index contributed by atoms with van der Waals surface area (Å²) in [6.45, 7) is -1.89. The van der Waals surface area contributed by atoms with Crippen LogP contribution in [-0.2, 0) is 57.3 Å². The minimum Gasteiger partial charge on any atom is -0.394 e. The second kappa shape index (κ2) is 19.2. The number of amides is 2. The molecule has 0 saturated carbocycles. The van der Waals surface area contributed by atoms with Crippen LogP contribution in [0.5, 0.6) is 0 Å². The fourth-order valence-corrected chi connectivity index (χ4v) is 6.79. The molecule has 4 rings (SSSR count). The SMILES string of the molecule is CC(=O)N[C@H]1[C@H](O[C@H]2[C@@H](O)[C@@H](CO)O[C@@H](O[C@H]3[C@@H](O)[C@@H](CO)OC(O)[C@@H]3NC(C)=O)[C@@H]2O)O[C@H](COS(=O)(=O)O)[C@@H](O[C@@H]2O[C@H](CO)[C@H](O)[C@H](O)[C@H]2O)[C@@H]1O. The highest BCUT2D eigenvalue weighted by atomic mass is 32.3. The summed E-state index contributed by atoms with van der Waals surface area (Å²) >= 11 is 0. The highest BCUT2D eigenvalue weighted by Gasteiger charge is 2.56. The van der Waals surface area contributed by atoms with Crippen molar-refractivity contribution >= 4 is 22.2 Å². The second-order valence-electron chi connectivity index (χ2n) is 13.1. The number of hydrogen-bond donors (Lipinski definition) is 14. The first-order chi connectivity index (χ1) is 25.7. The van der Waals surface area contributed by atoms with Gasteiger partial charge < -0.3 is 100.0 Å². The molecular formula is C28H48N2O24S. The molecule has 4 aliphatic rings. The Balaban J connectivity index is 1.65. The summed E-state index contributed by atoms with van der Waals surface area (Å²) < 4.78 is 75.6. The van der Waals surface area contributed by atoms with Crippen LogP contribution in [0.15, 0.2) is 0 Å². The van der Waals surface area contributed by atoms with Crippen LogP contribution in [0.2, 0.25) is 0 Å². The first kappa shape index (κ1) is 45.8. The molecule has 14 N–H and O–H groups in total. The van der Waals surface area contributed by atoms with Gasteiger partial charge in [0.1, 0.15) is 97.5 Å². The van der Waals surface area contributed by atoms with Crippen LogP contribution in [-0.4, -0.2) is 230 Å². The van der Waals surface area contributed by atoms with Crippen molar-refractivity contribution in [3.8, 4) is 0 Å². The Bertz CT molecular complexity index is 1380. The summed E-state index contributed by atoms with van der Waals surface area (Å²) in [5.74, 6) is -1.60. The van der Waals surface area contributed by atoms with Crippen molar-refractivity contribution in [1.82, 2.24) is 10.6 Å². The first-order valence-corrected chi connectivity index (χ1v) is 18.1. The third-order valence-corrected chi connectivity index (χ3v) is 9.65. The topological polar surface area (TPSA) is 409 Å². The van der Waals surface area contributed by atoms with Crippen molar-refractivity contribution in [2.75, 3.05) is 26.4 Å². The van der Waals surface area contributed by atoms with E-state index < -0.39 is 171 Å². The fraction of sp³-hybridized carbons (Fsp3) is 0.929. The number of carbonyl (C=O) groups excluding carboxylic acids is 2. The number of aliphatic hydroxyl groups excluding tert-OH is 11. The Kier molecular flexibility index (Phi) is 16.0. The van der Waals surface area contributed by atoms with E-state index in [-0.39, 0.29) is 0 Å². The lowest BCUT2D eigenvalue weighted by Gasteiger charge is -2.50. The molecule has 0 aromatic carbocycles. The van der Waals surface area contributed by atoms with Gasteiger partial charge in [-0.25, -0.2) is 4.18 Å². The molecule has 0 spiro atoms. The zero-order chi connectivity index (χ0) is 41.1. The zero-order valence-electron chi connectivity index (χ0n) is 29.0. The molecule has 2 amide bonds. The Labute approximate surface area is 311 Å². The molecule has 0 bridgehead atoms. The molecule has 1 unspecified atom stereocenters. The number of rotatable bonds is 14. The summed E-state index contributed by atoms with van der Waals surface area (Å²) in [6, 6.07) is -3.35. The summed E-state index contributed by atoms with van der Waals surface area (Å²) in [6.07, 6.45) is -34.0. The molecule has 0 aliphatic carbocycles. The van der Waals surface area contributed by atoms with Crippen LogP contribution in [0.3, 0.4) is 0 Å². The van der Waals surface area contributed by atoms with E-state index in [1.54, 1.807) is 0 Å². The summed E-state index contributed by atoms with van der Waals surface area (Å²) in [5, 5.41) is 120. The molecule has 27 heteroatoms. The monoisotopic (exact) mass is 828 g/mol. The van der Waals surface area contributed by atoms with E-state index in [0.29, 0.717) is 0 Å². The zero-order valence-corrected chi connectivity index (χ0v) is 29.9. The molecule has 55 heavy (non-hydrogen) atoms. The minimum atomic E-state index is -5.23. The predicted molar refractivity (Wildman–Crippen MR) is 167 cm³/mol. The quantitative estimate of drug-likeness (QED) is 0.0723. The average Bonchev–Trinajstić information content (AvgIpc) is 3.11. The fourth-order valence-electron chi connectivity index (χ4n) is 6.49. The van der Waals surface area contributed by atoms with Gasteiger partial charge in [0.15, 0.2) is 25.2 Å². The Morgan fingerprint density at radius 2 is 1.00 bits per heavy atom. The lowest BCUT2D eigenvalue weighted by atomic mass is 9.94. The highest BCUT2D eigenvalue weighted by molar-refractivity contribution is 7.80. The van der Waals surface area contributed by atoms with Gasteiger partial charge in [0.05, 0.1) is 26.4 Å². The van der Waals surface area contributed by atoms with Crippen LogP contribution >= 0.6 is 0 Å². The summed E-state index contributed by atoms with van der Waals surface area (Å²) in [4.78, 5) is 24.2. The van der Waals surface area contributed by atoms with Gasteiger partial charge in [-0.05, 0) is 0 Å². The Morgan fingerprint density at radius 3 is 1.55 bits per heavy atom. The van der Waals surface area contributed by atoms with E-state index in [1.807, 2.05) is 0 Å². The number of ether oxygens (including phenoxy) is 7. The molecule has 4 heterocycles. The van der Waals surface area contributed by atoms with E-state index in [1.165, 1.54) is 0 Å². The molecule has 0 aromatic heterocycles. The lowest BCUT2D eigenvalue weighted by Crippen LogP contribution is -2.70. The van der Waals surface area contributed by atoms with Gasteiger partial charge in [-0.3, -0.25) is 14.1 Å². The van der Waals surface area contributed by atoms with Crippen LogP contribution < -0.4 is 10.6 Å². The van der Waals surface area contributed by atoms with E-state index in [0.717, 1.165) is 13.8 Å². The number of carbonyl (C=O) groups is 2. The van der Waals surface area contributed by atoms with E-state index in [4.69, 9.17) is 33.2 Å². The van der Waals surface area contributed by atoms with E-state index in [9.17, 15) is 78.7 Å². The normalized spacial score (nSPS) is 45.5. The number of aliphatic hydroxyl groups is 11.